The number of ether oxygens (including phenoxy) is 1. The van der Waals surface area contributed by atoms with E-state index in [-0.39, 0.29) is 5.91 Å². The second-order valence-electron chi connectivity index (χ2n) is 5.89. The molecule has 2 atom stereocenters. The number of benzene rings is 2. The zero-order valence-corrected chi connectivity index (χ0v) is 16.2. The molecule has 1 N–H and O–H groups in total. The summed E-state index contributed by atoms with van der Waals surface area (Å²) >= 11 is 11.9. The van der Waals surface area contributed by atoms with Gasteiger partial charge in [-0.05, 0) is 50.2 Å². The van der Waals surface area contributed by atoms with Crippen LogP contribution < -0.4 is 10.1 Å². The largest absolute Gasteiger partial charge is 0.479 e. The summed E-state index contributed by atoms with van der Waals surface area (Å²) in [4.78, 5) is 16.7. The van der Waals surface area contributed by atoms with Gasteiger partial charge in [0.2, 0.25) is 0 Å². The molecule has 0 fully saturated rings. The Labute approximate surface area is 166 Å². The lowest BCUT2D eigenvalue weighted by atomic mass is 10.2. The van der Waals surface area contributed by atoms with Crippen molar-refractivity contribution in [2.24, 2.45) is 0 Å². The molecule has 0 radical (unpaired) electrons. The lowest BCUT2D eigenvalue weighted by Crippen LogP contribution is -2.38. The molecule has 3 rings (SSSR count). The normalized spacial score (nSPS) is 13.0. The summed E-state index contributed by atoms with van der Waals surface area (Å²) < 4.78 is 10.9. The van der Waals surface area contributed by atoms with Gasteiger partial charge in [-0.3, -0.25) is 4.79 Å². The minimum absolute atomic E-state index is 0.319. The average molecular weight is 406 g/mol. The van der Waals surface area contributed by atoms with Gasteiger partial charge in [-0.1, -0.05) is 40.5 Å². The van der Waals surface area contributed by atoms with E-state index >= 15 is 0 Å². The molecule has 0 spiro atoms. The number of nitrogens with one attached hydrogen (secondary N) is 1. The Bertz CT molecular complexity index is 928. The summed E-state index contributed by atoms with van der Waals surface area (Å²) in [5, 5.41) is 7.78. The van der Waals surface area contributed by atoms with E-state index in [1.54, 1.807) is 62.4 Å². The van der Waals surface area contributed by atoms with E-state index in [4.69, 9.17) is 32.5 Å². The molecule has 140 valence electrons. The van der Waals surface area contributed by atoms with Crippen molar-refractivity contribution in [3.63, 3.8) is 0 Å². The fourth-order valence-corrected chi connectivity index (χ4v) is 2.61. The number of hydrogen-bond acceptors (Lipinski definition) is 5. The number of hydrogen-bond donors (Lipinski definition) is 1. The van der Waals surface area contributed by atoms with Crippen LogP contribution in [0.1, 0.15) is 25.7 Å². The van der Waals surface area contributed by atoms with Crippen LogP contribution in [0.2, 0.25) is 10.0 Å². The Morgan fingerprint density at radius 2 is 1.81 bits per heavy atom. The first-order valence-corrected chi connectivity index (χ1v) is 9.00. The number of halogens is 2. The van der Waals surface area contributed by atoms with Gasteiger partial charge in [0.05, 0.1) is 11.1 Å². The quantitative estimate of drug-likeness (QED) is 0.643. The van der Waals surface area contributed by atoms with Crippen molar-refractivity contribution in [3.8, 4) is 17.2 Å². The minimum Gasteiger partial charge on any atom is -0.479 e. The van der Waals surface area contributed by atoms with Crippen molar-refractivity contribution in [2.45, 2.75) is 26.0 Å². The molecule has 0 unspecified atom stereocenters. The number of para-hydroxylation sites is 1. The standard InChI is InChI=1S/C19H17Cl2N3O3/c1-11(17-23-19(27-24-17)13-7-9-14(20)10-8-13)22-18(25)12(2)26-16-6-4-3-5-15(16)21/h3-12H,1-2H3,(H,22,25)/t11-,12-/m0/s1. The summed E-state index contributed by atoms with van der Waals surface area (Å²) in [5.41, 5.74) is 0.743. The van der Waals surface area contributed by atoms with Crippen LogP contribution >= 0.6 is 23.2 Å². The van der Waals surface area contributed by atoms with Crippen molar-refractivity contribution >= 4 is 29.1 Å². The molecule has 2 aromatic carbocycles. The van der Waals surface area contributed by atoms with E-state index in [2.05, 4.69) is 15.5 Å². The molecular formula is C19H17Cl2N3O3. The average Bonchev–Trinajstić information content (AvgIpc) is 3.14. The van der Waals surface area contributed by atoms with Gasteiger partial charge >= 0.3 is 0 Å². The molecule has 3 aromatic rings. The lowest BCUT2D eigenvalue weighted by Gasteiger charge is -2.17. The van der Waals surface area contributed by atoms with Gasteiger partial charge in [0.15, 0.2) is 11.9 Å². The highest BCUT2D eigenvalue weighted by Gasteiger charge is 2.21. The van der Waals surface area contributed by atoms with Gasteiger partial charge in [-0.2, -0.15) is 4.98 Å². The van der Waals surface area contributed by atoms with E-state index in [0.29, 0.717) is 27.5 Å². The predicted molar refractivity (Wildman–Crippen MR) is 103 cm³/mol. The van der Waals surface area contributed by atoms with Crippen LogP contribution in [0.3, 0.4) is 0 Å². The Morgan fingerprint density at radius 1 is 1.11 bits per heavy atom. The van der Waals surface area contributed by atoms with Crippen molar-refractivity contribution in [3.05, 3.63) is 64.4 Å². The van der Waals surface area contributed by atoms with E-state index < -0.39 is 12.1 Å². The maximum absolute atomic E-state index is 12.4. The van der Waals surface area contributed by atoms with Gasteiger partial charge in [-0.25, -0.2) is 0 Å². The minimum atomic E-state index is -0.741. The highest BCUT2D eigenvalue weighted by atomic mass is 35.5. The molecule has 1 aromatic heterocycles. The maximum Gasteiger partial charge on any atom is 0.261 e. The molecule has 1 amide bonds. The molecule has 1 heterocycles. The zero-order valence-electron chi connectivity index (χ0n) is 14.6. The van der Waals surface area contributed by atoms with Crippen LogP contribution in [0.4, 0.5) is 0 Å². The summed E-state index contributed by atoms with van der Waals surface area (Å²) in [6, 6.07) is 13.5. The Balaban J connectivity index is 1.63. The van der Waals surface area contributed by atoms with Gasteiger partial charge < -0.3 is 14.6 Å². The highest BCUT2D eigenvalue weighted by molar-refractivity contribution is 6.32. The number of rotatable bonds is 6. The van der Waals surface area contributed by atoms with Gasteiger partial charge in [0, 0.05) is 10.6 Å². The van der Waals surface area contributed by atoms with E-state index in [9.17, 15) is 4.79 Å². The van der Waals surface area contributed by atoms with Gasteiger partial charge in [0.1, 0.15) is 5.75 Å². The predicted octanol–water partition coefficient (Wildman–Crippen LogP) is 4.69. The van der Waals surface area contributed by atoms with E-state index in [0.717, 1.165) is 5.56 Å². The Hall–Kier alpha value is -2.57. The highest BCUT2D eigenvalue weighted by Crippen LogP contribution is 2.25. The van der Waals surface area contributed by atoms with Crippen LogP contribution in [0, 0.1) is 0 Å². The molecule has 0 bridgehead atoms. The summed E-state index contributed by atoms with van der Waals surface area (Å²) in [5.74, 6) is 0.834. The molecule has 0 saturated heterocycles. The third-order valence-corrected chi connectivity index (χ3v) is 4.35. The SMILES string of the molecule is C[C@H](Oc1ccccc1Cl)C(=O)N[C@@H](C)c1noc(-c2ccc(Cl)cc2)n1. The molecule has 0 aliphatic rings. The third kappa shape index (κ3) is 4.78. The van der Waals surface area contributed by atoms with E-state index in [1.165, 1.54) is 0 Å². The molecule has 27 heavy (non-hydrogen) atoms. The second kappa shape index (κ2) is 8.41. The van der Waals surface area contributed by atoms with Crippen LogP contribution in [-0.2, 0) is 4.79 Å². The van der Waals surface area contributed by atoms with Crippen LogP contribution in [0.5, 0.6) is 5.75 Å². The van der Waals surface area contributed by atoms with Gasteiger partial charge in [0.25, 0.3) is 11.8 Å². The van der Waals surface area contributed by atoms with Crippen molar-refractivity contribution < 1.29 is 14.1 Å². The van der Waals surface area contributed by atoms with E-state index in [1.807, 2.05) is 0 Å². The number of nitrogens with zero attached hydrogens (tertiary/aromatic N) is 2. The van der Waals surface area contributed by atoms with Gasteiger partial charge in [-0.15, -0.1) is 0 Å². The topological polar surface area (TPSA) is 77.2 Å². The summed E-state index contributed by atoms with van der Waals surface area (Å²) in [7, 11) is 0. The summed E-state index contributed by atoms with van der Waals surface area (Å²) in [6.07, 6.45) is -0.741. The molecule has 6 nitrogen and oxygen atoms in total. The zero-order chi connectivity index (χ0) is 19.4. The third-order valence-electron chi connectivity index (χ3n) is 3.79. The lowest BCUT2D eigenvalue weighted by molar-refractivity contribution is -0.128. The first-order valence-electron chi connectivity index (χ1n) is 8.25. The van der Waals surface area contributed by atoms with Crippen molar-refractivity contribution in [1.29, 1.82) is 0 Å². The van der Waals surface area contributed by atoms with Crippen LogP contribution in [-0.4, -0.2) is 22.2 Å². The number of carbonyl (C=O) groups is 1. The Morgan fingerprint density at radius 3 is 2.52 bits per heavy atom. The molecule has 0 aliphatic carbocycles. The molecule has 8 heteroatoms. The van der Waals surface area contributed by atoms with Crippen LogP contribution in [0.25, 0.3) is 11.5 Å². The smallest absolute Gasteiger partial charge is 0.261 e. The first-order chi connectivity index (χ1) is 12.9. The molecule has 0 saturated carbocycles. The second-order valence-corrected chi connectivity index (χ2v) is 6.73. The first kappa shape index (κ1) is 19.2. The van der Waals surface area contributed by atoms with Crippen LogP contribution in [0.15, 0.2) is 53.1 Å². The molecule has 0 aliphatic heterocycles. The number of amides is 1. The van der Waals surface area contributed by atoms with Crippen molar-refractivity contribution in [2.75, 3.05) is 0 Å². The maximum atomic E-state index is 12.4. The fourth-order valence-electron chi connectivity index (χ4n) is 2.30. The summed E-state index contributed by atoms with van der Waals surface area (Å²) in [6.45, 7) is 3.40. The monoisotopic (exact) mass is 405 g/mol. The number of carbonyl (C=O) groups excluding carboxylic acids is 1. The fraction of sp³-hybridized carbons (Fsp3) is 0.211. The molecular weight excluding hydrogens is 389 g/mol. The number of aromatic nitrogens is 2. The van der Waals surface area contributed by atoms with Crippen molar-refractivity contribution in [1.82, 2.24) is 15.5 Å². The Kier molecular flexibility index (Phi) is 5.98.